The number of likely N-dealkylation sites (N-methyl/N-ethyl adjacent to an activating group) is 1. The van der Waals surface area contributed by atoms with Gasteiger partial charge < -0.3 is 9.80 Å². The minimum Gasteiger partial charge on any atom is -0.351 e. The van der Waals surface area contributed by atoms with Gasteiger partial charge in [-0.3, -0.25) is 9.38 Å². The lowest BCUT2D eigenvalue weighted by molar-refractivity contribution is 0.312. The van der Waals surface area contributed by atoms with E-state index in [0.29, 0.717) is 0 Å². The highest BCUT2D eigenvalue weighted by atomic mass is 15.3. The molecule has 1 saturated heterocycles. The van der Waals surface area contributed by atoms with Gasteiger partial charge in [0.25, 0.3) is 0 Å². The number of aromatic nitrogens is 4. The SMILES string of the molecule is CN1CCN(c2nccn3c(-c4ccccn4)cnc23)CC1. The number of nitrogens with zero attached hydrogens (tertiary/aromatic N) is 6. The zero-order chi connectivity index (χ0) is 14.9. The first-order valence-corrected chi connectivity index (χ1v) is 7.50. The molecule has 4 rings (SSSR count). The number of imidazole rings is 1. The van der Waals surface area contributed by atoms with Crippen LogP contribution in [-0.4, -0.2) is 57.5 Å². The lowest BCUT2D eigenvalue weighted by Gasteiger charge is -2.33. The van der Waals surface area contributed by atoms with Gasteiger partial charge in [0.05, 0.1) is 17.6 Å². The van der Waals surface area contributed by atoms with Crippen LogP contribution in [0.15, 0.2) is 43.0 Å². The fraction of sp³-hybridized carbons (Fsp3) is 0.312. The number of anilines is 1. The van der Waals surface area contributed by atoms with E-state index < -0.39 is 0 Å². The van der Waals surface area contributed by atoms with E-state index in [4.69, 9.17) is 0 Å². The number of pyridine rings is 1. The molecule has 0 aliphatic carbocycles. The third-order valence-electron chi connectivity index (χ3n) is 4.14. The highest BCUT2D eigenvalue weighted by Gasteiger charge is 2.19. The lowest BCUT2D eigenvalue weighted by atomic mass is 10.3. The molecule has 0 bridgehead atoms. The van der Waals surface area contributed by atoms with Crippen molar-refractivity contribution in [1.82, 2.24) is 24.3 Å². The van der Waals surface area contributed by atoms with Gasteiger partial charge in [-0.1, -0.05) is 6.07 Å². The normalized spacial score (nSPS) is 16.3. The van der Waals surface area contributed by atoms with E-state index in [0.717, 1.165) is 49.0 Å². The predicted octanol–water partition coefficient (Wildman–Crippen LogP) is 1.54. The summed E-state index contributed by atoms with van der Waals surface area (Å²) in [7, 11) is 2.15. The van der Waals surface area contributed by atoms with Crippen molar-refractivity contribution in [3.8, 4) is 11.4 Å². The third kappa shape index (κ3) is 2.21. The first kappa shape index (κ1) is 13.2. The Labute approximate surface area is 129 Å². The molecule has 0 amide bonds. The van der Waals surface area contributed by atoms with Crippen molar-refractivity contribution in [1.29, 1.82) is 0 Å². The van der Waals surface area contributed by atoms with Crippen molar-refractivity contribution in [3.63, 3.8) is 0 Å². The second-order valence-electron chi connectivity index (χ2n) is 5.59. The minimum atomic E-state index is 0.896. The summed E-state index contributed by atoms with van der Waals surface area (Å²) in [5, 5.41) is 0. The minimum absolute atomic E-state index is 0.896. The maximum atomic E-state index is 4.59. The highest BCUT2D eigenvalue weighted by Crippen LogP contribution is 2.24. The molecule has 0 N–H and O–H groups in total. The largest absolute Gasteiger partial charge is 0.351 e. The first-order chi connectivity index (χ1) is 10.8. The number of fused-ring (bicyclic) bond motifs is 1. The van der Waals surface area contributed by atoms with Crippen LogP contribution in [0.2, 0.25) is 0 Å². The van der Waals surface area contributed by atoms with Gasteiger partial charge in [0.1, 0.15) is 0 Å². The zero-order valence-electron chi connectivity index (χ0n) is 12.6. The number of hydrogen-bond acceptors (Lipinski definition) is 5. The Balaban J connectivity index is 1.77. The summed E-state index contributed by atoms with van der Waals surface area (Å²) in [5.41, 5.74) is 2.81. The molecule has 0 radical (unpaired) electrons. The van der Waals surface area contributed by atoms with Gasteiger partial charge in [-0.15, -0.1) is 0 Å². The molecular weight excluding hydrogens is 276 g/mol. The Morgan fingerprint density at radius 3 is 2.59 bits per heavy atom. The number of piperazine rings is 1. The summed E-state index contributed by atoms with van der Waals surface area (Å²) in [5.74, 6) is 0.956. The lowest BCUT2D eigenvalue weighted by Crippen LogP contribution is -2.45. The Kier molecular flexibility index (Phi) is 3.23. The summed E-state index contributed by atoms with van der Waals surface area (Å²) in [4.78, 5) is 18.2. The van der Waals surface area contributed by atoms with E-state index in [1.807, 2.05) is 36.8 Å². The predicted molar refractivity (Wildman–Crippen MR) is 85.9 cm³/mol. The molecule has 1 fully saturated rings. The topological polar surface area (TPSA) is 49.6 Å². The van der Waals surface area contributed by atoms with Crippen LogP contribution >= 0.6 is 0 Å². The van der Waals surface area contributed by atoms with Crippen molar-refractivity contribution in [2.45, 2.75) is 0 Å². The molecular formula is C16H18N6. The monoisotopic (exact) mass is 294 g/mol. The van der Waals surface area contributed by atoms with Crippen molar-refractivity contribution in [3.05, 3.63) is 43.0 Å². The average Bonchev–Trinajstić information content (AvgIpc) is 3.00. The summed E-state index contributed by atoms with van der Waals surface area (Å²) in [6.45, 7) is 4.07. The molecule has 6 nitrogen and oxygen atoms in total. The molecule has 0 saturated carbocycles. The standard InChI is InChI=1S/C16H18N6/c1-20-8-10-21(11-9-20)15-16-19-12-14(22(16)7-6-18-15)13-4-2-3-5-17-13/h2-7,12H,8-11H2,1H3. The van der Waals surface area contributed by atoms with Crippen molar-refractivity contribution >= 4 is 11.5 Å². The maximum Gasteiger partial charge on any atom is 0.180 e. The van der Waals surface area contributed by atoms with Gasteiger partial charge in [0, 0.05) is 44.8 Å². The fourth-order valence-electron chi connectivity index (χ4n) is 2.85. The van der Waals surface area contributed by atoms with Crippen LogP contribution in [0, 0.1) is 0 Å². The summed E-state index contributed by atoms with van der Waals surface area (Å²) < 4.78 is 2.07. The smallest absolute Gasteiger partial charge is 0.180 e. The van der Waals surface area contributed by atoms with E-state index >= 15 is 0 Å². The molecule has 1 aliphatic heterocycles. The first-order valence-electron chi connectivity index (χ1n) is 7.50. The molecule has 6 heteroatoms. The number of hydrogen-bond donors (Lipinski definition) is 0. The summed E-state index contributed by atoms with van der Waals surface area (Å²) in [6, 6.07) is 5.91. The molecule has 4 heterocycles. The molecule has 0 atom stereocenters. The van der Waals surface area contributed by atoms with E-state index in [1.54, 1.807) is 6.20 Å². The second kappa shape index (κ2) is 5.38. The molecule has 3 aromatic heterocycles. The van der Waals surface area contributed by atoms with E-state index in [2.05, 4.69) is 36.2 Å². The van der Waals surface area contributed by atoms with Crippen LogP contribution in [0.5, 0.6) is 0 Å². The molecule has 112 valence electrons. The van der Waals surface area contributed by atoms with Crippen LogP contribution in [0.1, 0.15) is 0 Å². The molecule has 1 aliphatic rings. The Morgan fingerprint density at radius 1 is 0.955 bits per heavy atom. The number of rotatable bonds is 2. The van der Waals surface area contributed by atoms with Gasteiger partial charge in [-0.05, 0) is 19.2 Å². The molecule has 3 aromatic rings. The van der Waals surface area contributed by atoms with Crippen LogP contribution in [-0.2, 0) is 0 Å². The van der Waals surface area contributed by atoms with E-state index in [1.165, 1.54) is 0 Å². The van der Waals surface area contributed by atoms with Crippen molar-refractivity contribution < 1.29 is 0 Å². The van der Waals surface area contributed by atoms with Gasteiger partial charge >= 0.3 is 0 Å². The maximum absolute atomic E-state index is 4.59. The van der Waals surface area contributed by atoms with Gasteiger partial charge in [-0.2, -0.15) is 0 Å². The summed E-state index contributed by atoms with van der Waals surface area (Å²) in [6.07, 6.45) is 7.47. The second-order valence-corrected chi connectivity index (χ2v) is 5.59. The Bertz CT molecular complexity index is 774. The highest BCUT2D eigenvalue weighted by molar-refractivity contribution is 5.70. The van der Waals surface area contributed by atoms with Crippen LogP contribution < -0.4 is 4.90 Å². The third-order valence-corrected chi connectivity index (χ3v) is 4.14. The van der Waals surface area contributed by atoms with Crippen LogP contribution in [0.4, 0.5) is 5.82 Å². The van der Waals surface area contributed by atoms with E-state index in [-0.39, 0.29) is 0 Å². The Morgan fingerprint density at radius 2 is 1.82 bits per heavy atom. The van der Waals surface area contributed by atoms with Crippen LogP contribution in [0.3, 0.4) is 0 Å². The quantitative estimate of drug-likeness (QED) is 0.717. The molecule has 0 spiro atoms. The molecule has 0 aromatic carbocycles. The van der Waals surface area contributed by atoms with Gasteiger partial charge in [0.2, 0.25) is 0 Å². The van der Waals surface area contributed by atoms with E-state index in [9.17, 15) is 0 Å². The fourth-order valence-corrected chi connectivity index (χ4v) is 2.85. The average molecular weight is 294 g/mol. The van der Waals surface area contributed by atoms with Crippen molar-refractivity contribution in [2.24, 2.45) is 0 Å². The molecule has 22 heavy (non-hydrogen) atoms. The van der Waals surface area contributed by atoms with Gasteiger partial charge in [0.15, 0.2) is 11.5 Å². The summed E-state index contributed by atoms with van der Waals surface area (Å²) >= 11 is 0. The Hall–Kier alpha value is -2.47. The van der Waals surface area contributed by atoms with Crippen LogP contribution in [0.25, 0.3) is 17.0 Å². The van der Waals surface area contributed by atoms with Gasteiger partial charge in [-0.25, -0.2) is 9.97 Å². The molecule has 0 unspecified atom stereocenters. The van der Waals surface area contributed by atoms with Crippen molar-refractivity contribution in [2.75, 3.05) is 38.1 Å². The zero-order valence-corrected chi connectivity index (χ0v) is 12.6.